The van der Waals surface area contributed by atoms with Gasteiger partial charge >= 0.3 is 6.18 Å². The van der Waals surface area contributed by atoms with E-state index in [1.807, 2.05) is 26.0 Å². The number of benzene rings is 2. The second-order valence-corrected chi connectivity index (χ2v) is 9.53. The first-order valence-electron chi connectivity index (χ1n) is 11.6. The fourth-order valence-corrected chi connectivity index (χ4v) is 5.45. The summed E-state index contributed by atoms with van der Waals surface area (Å²) in [7, 11) is 0. The maximum absolute atomic E-state index is 13.1. The summed E-state index contributed by atoms with van der Waals surface area (Å²) in [5.41, 5.74) is 3.14. The molecule has 176 valence electrons. The van der Waals surface area contributed by atoms with Crippen LogP contribution in [-0.4, -0.2) is 24.8 Å². The maximum atomic E-state index is 13.1. The molecule has 0 aromatic heterocycles. The topological polar surface area (TPSA) is 43.4 Å². The van der Waals surface area contributed by atoms with E-state index in [1.54, 1.807) is 0 Å². The lowest BCUT2D eigenvalue weighted by atomic mass is 9.71. The molecule has 6 heteroatoms. The number of hydrogen-bond acceptors (Lipinski definition) is 3. The molecule has 2 fully saturated rings. The molecule has 3 nitrogen and oxygen atoms in total. The highest BCUT2D eigenvalue weighted by atomic mass is 19.4. The maximum Gasteiger partial charge on any atom is 0.416 e. The van der Waals surface area contributed by atoms with Gasteiger partial charge in [0.15, 0.2) is 0 Å². The molecule has 0 N–H and O–H groups in total. The first-order valence-corrected chi connectivity index (χ1v) is 11.6. The van der Waals surface area contributed by atoms with Crippen LogP contribution in [0, 0.1) is 25.7 Å². The molecule has 2 aromatic rings. The predicted molar refractivity (Wildman–Crippen MR) is 120 cm³/mol. The monoisotopic (exact) mass is 458 g/mol. The van der Waals surface area contributed by atoms with Crippen molar-refractivity contribution in [3.63, 3.8) is 0 Å². The van der Waals surface area contributed by atoms with Gasteiger partial charge in [-0.1, -0.05) is 24.3 Å². The minimum Gasteiger partial charge on any atom is -0.381 e. The van der Waals surface area contributed by atoms with E-state index in [0.717, 1.165) is 66.9 Å². The SMILES string of the molecule is Cc1cc(-c2ccc(C(F)(F)F)cc2)cc(C)c1C1C(=O)CC(CC2CCOCC2)CC1=O. The number of aryl methyl sites for hydroxylation is 2. The zero-order chi connectivity index (χ0) is 23.8. The Labute approximate surface area is 192 Å². The highest BCUT2D eigenvalue weighted by Crippen LogP contribution is 2.39. The summed E-state index contributed by atoms with van der Waals surface area (Å²) < 4.78 is 44.0. The van der Waals surface area contributed by atoms with E-state index in [9.17, 15) is 22.8 Å². The molecule has 33 heavy (non-hydrogen) atoms. The van der Waals surface area contributed by atoms with Crippen LogP contribution in [0.15, 0.2) is 36.4 Å². The second-order valence-electron chi connectivity index (χ2n) is 9.53. The zero-order valence-electron chi connectivity index (χ0n) is 19.0. The van der Waals surface area contributed by atoms with Crippen molar-refractivity contribution in [2.24, 2.45) is 11.8 Å². The van der Waals surface area contributed by atoms with Gasteiger partial charge in [-0.25, -0.2) is 0 Å². The summed E-state index contributed by atoms with van der Waals surface area (Å²) in [6.45, 7) is 5.24. The molecule has 0 atom stereocenters. The van der Waals surface area contributed by atoms with Gasteiger partial charge in [0, 0.05) is 26.1 Å². The van der Waals surface area contributed by atoms with Crippen molar-refractivity contribution < 1.29 is 27.5 Å². The van der Waals surface area contributed by atoms with Crippen LogP contribution in [0.4, 0.5) is 13.2 Å². The molecule has 1 aliphatic heterocycles. The lowest BCUT2D eigenvalue weighted by molar-refractivity contribution is -0.137. The lowest BCUT2D eigenvalue weighted by Crippen LogP contribution is -2.34. The molecule has 1 heterocycles. The van der Waals surface area contributed by atoms with Crippen molar-refractivity contribution in [2.45, 2.75) is 58.0 Å². The Balaban J connectivity index is 1.53. The summed E-state index contributed by atoms with van der Waals surface area (Å²) in [5.74, 6) is -0.144. The van der Waals surface area contributed by atoms with Gasteiger partial charge in [0.05, 0.1) is 5.56 Å². The van der Waals surface area contributed by atoms with E-state index in [2.05, 4.69) is 0 Å². The van der Waals surface area contributed by atoms with Gasteiger partial charge in [-0.3, -0.25) is 9.59 Å². The van der Waals surface area contributed by atoms with E-state index < -0.39 is 17.7 Å². The molecule has 1 aliphatic carbocycles. The molecule has 1 saturated carbocycles. The number of alkyl halides is 3. The highest BCUT2D eigenvalue weighted by Gasteiger charge is 2.38. The van der Waals surface area contributed by atoms with Gasteiger partial charge < -0.3 is 4.74 Å². The van der Waals surface area contributed by atoms with Crippen LogP contribution >= 0.6 is 0 Å². The Kier molecular flexibility index (Phi) is 6.76. The van der Waals surface area contributed by atoms with Crippen molar-refractivity contribution in [3.05, 3.63) is 58.7 Å². The third kappa shape index (κ3) is 5.21. The Morgan fingerprint density at radius 3 is 1.91 bits per heavy atom. The van der Waals surface area contributed by atoms with Crippen molar-refractivity contribution in [2.75, 3.05) is 13.2 Å². The molecule has 1 saturated heterocycles. The van der Waals surface area contributed by atoms with Crippen molar-refractivity contribution >= 4 is 11.6 Å². The number of carbonyl (C=O) groups is 2. The van der Waals surface area contributed by atoms with Crippen molar-refractivity contribution in [1.82, 2.24) is 0 Å². The quantitative estimate of drug-likeness (QED) is 0.496. The van der Waals surface area contributed by atoms with E-state index >= 15 is 0 Å². The standard InChI is InChI=1S/C27H29F3O3/c1-16-11-21(20-3-5-22(6-4-20)27(28,29)30)12-17(2)25(16)26-23(31)14-19(15-24(26)32)13-18-7-9-33-10-8-18/h3-6,11-12,18-19,26H,7-10,13-15H2,1-2H3. The largest absolute Gasteiger partial charge is 0.416 e. The second kappa shape index (κ2) is 9.41. The minimum absolute atomic E-state index is 0.0169. The summed E-state index contributed by atoms with van der Waals surface area (Å²) in [6.07, 6.45) is -0.643. The Morgan fingerprint density at radius 1 is 0.848 bits per heavy atom. The van der Waals surface area contributed by atoms with Gasteiger partial charge in [-0.15, -0.1) is 0 Å². The normalized spacial score (nSPS) is 22.6. The molecule has 0 spiro atoms. The zero-order valence-corrected chi connectivity index (χ0v) is 19.0. The van der Waals surface area contributed by atoms with Crippen LogP contribution in [0.25, 0.3) is 11.1 Å². The third-order valence-corrected chi connectivity index (χ3v) is 7.06. The molecular formula is C27H29F3O3. The van der Waals surface area contributed by atoms with E-state index in [4.69, 9.17) is 4.74 Å². The molecule has 0 unspecified atom stereocenters. The number of rotatable bonds is 4. The number of hydrogen-bond donors (Lipinski definition) is 0. The smallest absolute Gasteiger partial charge is 0.381 e. The Morgan fingerprint density at radius 2 is 1.39 bits per heavy atom. The predicted octanol–water partition coefficient (Wildman–Crippen LogP) is 6.44. The first-order chi connectivity index (χ1) is 15.6. The van der Waals surface area contributed by atoms with Crippen LogP contribution in [0.3, 0.4) is 0 Å². The lowest BCUT2D eigenvalue weighted by Gasteiger charge is -2.32. The molecule has 4 rings (SSSR count). The molecule has 0 radical (unpaired) electrons. The summed E-state index contributed by atoms with van der Waals surface area (Å²) in [4.78, 5) is 26.2. The van der Waals surface area contributed by atoms with Crippen LogP contribution in [-0.2, 0) is 20.5 Å². The van der Waals surface area contributed by atoms with Crippen LogP contribution in [0.2, 0.25) is 0 Å². The third-order valence-electron chi connectivity index (χ3n) is 7.06. The molecule has 0 bridgehead atoms. The van der Waals surface area contributed by atoms with Gasteiger partial charge in [0.2, 0.25) is 0 Å². The van der Waals surface area contributed by atoms with Crippen molar-refractivity contribution in [3.8, 4) is 11.1 Å². The van der Waals surface area contributed by atoms with Crippen molar-refractivity contribution in [1.29, 1.82) is 0 Å². The van der Waals surface area contributed by atoms with Gasteiger partial charge in [-0.05, 0) is 84.9 Å². The molecule has 2 aliphatic rings. The fraction of sp³-hybridized carbons (Fsp3) is 0.481. The summed E-state index contributed by atoms with van der Waals surface area (Å²) >= 11 is 0. The van der Waals surface area contributed by atoms with Gasteiger partial charge in [-0.2, -0.15) is 13.2 Å². The van der Waals surface area contributed by atoms with Gasteiger partial charge in [0.1, 0.15) is 17.5 Å². The molecule has 0 amide bonds. The number of ether oxygens (including phenoxy) is 1. The average Bonchev–Trinajstić information content (AvgIpc) is 2.75. The Bertz CT molecular complexity index is 993. The number of Topliss-reactive ketones (excluding diaryl/α,β-unsaturated/α-hetero) is 2. The number of ketones is 2. The van der Waals surface area contributed by atoms with Crippen LogP contribution < -0.4 is 0 Å². The van der Waals surface area contributed by atoms with Gasteiger partial charge in [0.25, 0.3) is 0 Å². The average molecular weight is 459 g/mol. The van der Waals surface area contributed by atoms with Crippen LogP contribution in [0.5, 0.6) is 0 Å². The molecule has 2 aromatic carbocycles. The minimum atomic E-state index is -4.38. The van der Waals surface area contributed by atoms with E-state index in [0.29, 0.717) is 24.3 Å². The van der Waals surface area contributed by atoms with Crippen LogP contribution in [0.1, 0.15) is 60.3 Å². The number of carbonyl (C=O) groups excluding carboxylic acids is 2. The fourth-order valence-electron chi connectivity index (χ4n) is 5.45. The first kappa shape index (κ1) is 23.7. The number of halogens is 3. The summed E-state index contributed by atoms with van der Waals surface area (Å²) in [5, 5.41) is 0. The summed E-state index contributed by atoms with van der Waals surface area (Å²) in [6, 6.07) is 8.77. The Hall–Kier alpha value is -2.47. The molecular weight excluding hydrogens is 429 g/mol. The van der Waals surface area contributed by atoms with E-state index in [1.165, 1.54) is 12.1 Å². The highest BCUT2D eigenvalue weighted by molar-refractivity contribution is 6.10. The van der Waals surface area contributed by atoms with E-state index in [-0.39, 0.29) is 17.5 Å².